The van der Waals surface area contributed by atoms with Crippen molar-refractivity contribution in [1.82, 2.24) is 15.5 Å². The Balaban J connectivity index is 1.84. The van der Waals surface area contributed by atoms with Gasteiger partial charge in [0.2, 0.25) is 5.96 Å². The number of carbonyl (C=O) groups excluding carboxylic acids is 1. The minimum atomic E-state index is -0.393. The molecule has 0 aliphatic carbocycles. The molecule has 0 saturated carbocycles. The highest BCUT2D eigenvalue weighted by Gasteiger charge is 2.16. The number of rotatable bonds is 3. The second-order valence-electron chi connectivity index (χ2n) is 7.45. The van der Waals surface area contributed by atoms with Gasteiger partial charge in [0.05, 0.1) is 5.69 Å². The summed E-state index contributed by atoms with van der Waals surface area (Å²) in [6.45, 7) is 5.92. The Morgan fingerprint density at radius 2 is 1.76 bits per heavy atom. The molecule has 0 radical (unpaired) electrons. The van der Waals surface area contributed by atoms with Crippen molar-refractivity contribution < 1.29 is 4.79 Å². The van der Waals surface area contributed by atoms with Gasteiger partial charge < -0.3 is 10.6 Å². The lowest BCUT2D eigenvalue weighted by Gasteiger charge is -2.23. The highest BCUT2D eigenvalue weighted by molar-refractivity contribution is 6.31. The number of anilines is 1. The van der Waals surface area contributed by atoms with Crippen molar-refractivity contribution in [3.8, 4) is 11.3 Å². The largest absolute Gasteiger partial charge is 0.351 e. The molecule has 6 nitrogen and oxygen atoms in total. The van der Waals surface area contributed by atoms with Crippen LogP contribution in [0.5, 0.6) is 0 Å². The molecule has 0 saturated heterocycles. The van der Waals surface area contributed by atoms with Gasteiger partial charge in [0.15, 0.2) is 0 Å². The molecule has 0 atom stereocenters. The van der Waals surface area contributed by atoms with E-state index in [1.807, 2.05) is 45.0 Å². The lowest BCUT2D eigenvalue weighted by Crippen LogP contribution is -2.44. The van der Waals surface area contributed by atoms with Gasteiger partial charge in [-0.1, -0.05) is 35.3 Å². The van der Waals surface area contributed by atoms with Gasteiger partial charge in [0.1, 0.15) is 5.82 Å². The molecular formula is C21H21Cl2N5O. The van der Waals surface area contributed by atoms with Crippen molar-refractivity contribution in [2.75, 3.05) is 5.32 Å². The summed E-state index contributed by atoms with van der Waals surface area (Å²) in [7, 11) is 0. The van der Waals surface area contributed by atoms with Crippen molar-refractivity contribution in [3.63, 3.8) is 0 Å². The number of benzene rings is 2. The summed E-state index contributed by atoms with van der Waals surface area (Å²) in [5.74, 6) is 0.494. The zero-order valence-electron chi connectivity index (χ0n) is 16.3. The van der Waals surface area contributed by atoms with Crippen LogP contribution in [-0.4, -0.2) is 27.6 Å². The number of aliphatic imine (C=N–C) groups is 1. The Morgan fingerprint density at radius 3 is 2.41 bits per heavy atom. The third-order valence-electron chi connectivity index (χ3n) is 3.75. The molecule has 2 aromatic carbocycles. The number of aromatic nitrogens is 2. The molecule has 8 heteroatoms. The molecule has 3 rings (SSSR count). The molecule has 0 spiro atoms. The van der Waals surface area contributed by atoms with Gasteiger partial charge in [-0.25, -0.2) is 0 Å². The summed E-state index contributed by atoms with van der Waals surface area (Å²) in [6, 6.07) is 15.8. The zero-order chi connectivity index (χ0) is 21.0. The van der Waals surface area contributed by atoms with Crippen LogP contribution < -0.4 is 10.6 Å². The molecule has 1 aromatic heterocycles. The molecule has 1 heterocycles. The van der Waals surface area contributed by atoms with Gasteiger partial charge in [-0.2, -0.15) is 10.1 Å². The van der Waals surface area contributed by atoms with Crippen LogP contribution in [0.1, 0.15) is 31.1 Å². The van der Waals surface area contributed by atoms with E-state index in [4.69, 9.17) is 23.2 Å². The summed E-state index contributed by atoms with van der Waals surface area (Å²) in [5.41, 5.74) is 1.71. The predicted molar refractivity (Wildman–Crippen MR) is 119 cm³/mol. The molecule has 3 N–H and O–H groups in total. The fraction of sp³-hybridized carbons (Fsp3) is 0.190. The summed E-state index contributed by atoms with van der Waals surface area (Å²) in [5, 5.41) is 14.7. The van der Waals surface area contributed by atoms with Crippen LogP contribution >= 0.6 is 23.2 Å². The lowest BCUT2D eigenvalue weighted by atomic mass is 10.1. The number of halogens is 2. The van der Waals surface area contributed by atoms with Crippen LogP contribution in [0.4, 0.5) is 5.82 Å². The number of carbonyl (C=O) groups is 1. The van der Waals surface area contributed by atoms with Crippen molar-refractivity contribution >= 4 is 40.9 Å². The third-order valence-corrected chi connectivity index (χ3v) is 4.24. The van der Waals surface area contributed by atoms with Gasteiger partial charge in [-0.3, -0.25) is 9.89 Å². The first-order chi connectivity index (χ1) is 13.7. The van der Waals surface area contributed by atoms with Gasteiger partial charge in [-0.05, 0) is 57.2 Å². The summed E-state index contributed by atoms with van der Waals surface area (Å²) in [6.07, 6.45) is 0. The SMILES string of the molecule is CC(C)(C)N/C(=N/C(=O)c1ccc(Cl)cc1)Nc1cc(-c2cccc(Cl)c2)n[nH]1. The average molecular weight is 430 g/mol. The van der Waals surface area contributed by atoms with E-state index in [2.05, 4.69) is 25.8 Å². The van der Waals surface area contributed by atoms with Gasteiger partial charge in [0, 0.05) is 32.8 Å². The van der Waals surface area contributed by atoms with E-state index in [1.165, 1.54) is 0 Å². The second kappa shape index (κ2) is 8.68. The van der Waals surface area contributed by atoms with Crippen molar-refractivity contribution in [2.24, 2.45) is 4.99 Å². The van der Waals surface area contributed by atoms with Crippen molar-refractivity contribution in [2.45, 2.75) is 26.3 Å². The average Bonchev–Trinajstić information content (AvgIpc) is 3.09. The normalized spacial score (nSPS) is 12.0. The Hall–Kier alpha value is -2.83. The fourth-order valence-electron chi connectivity index (χ4n) is 2.51. The van der Waals surface area contributed by atoms with E-state index in [1.54, 1.807) is 30.3 Å². The van der Waals surface area contributed by atoms with Crippen LogP contribution in [0.25, 0.3) is 11.3 Å². The number of nitrogens with one attached hydrogen (secondary N) is 3. The smallest absolute Gasteiger partial charge is 0.280 e. The second-order valence-corrected chi connectivity index (χ2v) is 8.32. The maximum atomic E-state index is 12.6. The number of nitrogens with zero attached hydrogens (tertiary/aromatic N) is 2. The third kappa shape index (κ3) is 6.07. The van der Waals surface area contributed by atoms with Gasteiger partial charge in [-0.15, -0.1) is 0 Å². The Morgan fingerprint density at radius 1 is 1.03 bits per heavy atom. The topological polar surface area (TPSA) is 82.2 Å². The van der Waals surface area contributed by atoms with Crippen LogP contribution in [0.3, 0.4) is 0 Å². The number of H-pyrrole nitrogens is 1. The first-order valence-corrected chi connectivity index (χ1v) is 9.70. The first kappa shape index (κ1) is 20.9. The molecule has 0 fully saturated rings. The van der Waals surface area contributed by atoms with E-state index in [9.17, 15) is 4.79 Å². The van der Waals surface area contributed by atoms with E-state index in [0.29, 0.717) is 33.1 Å². The van der Waals surface area contributed by atoms with E-state index >= 15 is 0 Å². The molecular weight excluding hydrogens is 409 g/mol. The zero-order valence-corrected chi connectivity index (χ0v) is 17.8. The quantitative estimate of drug-likeness (QED) is 0.385. The summed E-state index contributed by atoms with van der Waals surface area (Å²) < 4.78 is 0. The summed E-state index contributed by atoms with van der Waals surface area (Å²) in [4.78, 5) is 16.8. The Bertz CT molecular complexity index is 1040. The van der Waals surface area contributed by atoms with Gasteiger partial charge in [0.25, 0.3) is 5.91 Å². The molecule has 1 amide bonds. The number of hydrogen-bond acceptors (Lipinski definition) is 2. The summed E-state index contributed by atoms with van der Waals surface area (Å²) >= 11 is 11.9. The van der Waals surface area contributed by atoms with Crippen LogP contribution in [0.15, 0.2) is 59.6 Å². The van der Waals surface area contributed by atoms with Crippen LogP contribution in [0, 0.1) is 0 Å². The molecule has 0 aliphatic heterocycles. The number of aromatic amines is 1. The highest BCUT2D eigenvalue weighted by atomic mass is 35.5. The highest BCUT2D eigenvalue weighted by Crippen LogP contribution is 2.23. The minimum absolute atomic E-state index is 0.304. The first-order valence-electron chi connectivity index (χ1n) is 8.95. The maximum absolute atomic E-state index is 12.6. The molecule has 0 bridgehead atoms. The lowest BCUT2D eigenvalue weighted by molar-refractivity contribution is 0.100. The van der Waals surface area contributed by atoms with E-state index in [-0.39, 0.29) is 5.54 Å². The molecule has 0 unspecified atom stereocenters. The number of hydrogen-bond donors (Lipinski definition) is 3. The van der Waals surface area contributed by atoms with Crippen molar-refractivity contribution in [1.29, 1.82) is 0 Å². The Kier molecular flexibility index (Phi) is 6.25. The van der Waals surface area contributed by atoms with Crippen molar-refractivity contribution in [3.05, 3.63) is 70.2 Å². The molecule has 3 aromatic rings. The number of guanidine groups is 1. The molecule has 0 aliphatic rings. The van der Waals surface area contributed by atoms with E-state index < -0.39 is 5.91 Å². The maximum Gasteiger partial charge on any atom is 0.280 e. The van der Waals surface area contributed by atoms with E-state index in [0.717, 1.165) is 5.56 Å². The predicted octanol–water partition coefficient (Wildman–Crippen LogP) is 5.38. The Labute approximate surface area is 179 Å². The molecule has 150 valence electrons. The minimum Gasteiger partial charge on any atom is -0.351 e. The van der Waals surface area contributed by atoms with Crippen LogP contribution in [0.2, 0.25) is 10.0 Å². The monoisotopic (exact) mass is 429 g/mol. The van der Waals surface area contributed by atoms with Gasteiger partial charge >= 0.3 is 0 Å². The molecule has 29 heavy (non-hydrogen) atoms. The van der Waals surface area contributed by atoms with Crippen LogP contribution in [-0.2, 0) is 0 Å². The standard InChI is InChI=1S/C21H21Cl2N5O/c1-21(2,3)26-20(25-19(29)13-7-9-15(22)10-8-13)24-18-12-17(27-28-18)14-5-4-6-16(23)11-14/h4-12H,1-3H3,(H3,24,25,26,27,28,29). The fourth-order valence-corrected chi connectivity index (χ4v) is 2.83. The number of amides is 1.